The van der Waals surface area contributed by atoms with Gasteiger partial charge in [0.2, 0.25) is 0 Å². The van der Waals surface area contributed by atoms with Crippen molar-refractivity contribution < 1.29 is 0 Å². The molecule has 1 heterocycles. The van der Waals surface area contributed by atoms with Crippen molar-refractivity contribution in [1.82, 2.24) is 4.98 Å². The molecular weight excluding hydrogens is 154 g/mol. The molecule has 0 N–H and O–H groups in total. The molecule has 0 radical (unpaired) electrons. The summed E-state index contributed by atoms with van der Waals surface area (Å²) in [4.78, 5) is 4.20. The van der Waals surface area contributed by atoms with Crippen LogP contribution in [-0.4, -0.2) is 4.98 Å². The van der Waals surface area contributed by atoms with Crippen molar-refractivity contribution in [3.05, 3.63) is 28.7 Å². The Kier molecular flexibility index (Phi) is 2.04. The van der Waals surface area contributed by atoms with Gasteiger partial charge < -0.3 is 0 Å². The van der Waals surface area contributed by atoms with Gasteiger partial charge >= 0.3 is 0 Å². The molecule has 0 saturated heterocycles. The third kappa shape index (κ3) is 2.15. The predicted octanol–water partition coefficient (Wildman–Crippen LogP) is 2.65. The molecule has 1 aliphatic rings. The van der Waals surface area contributed by atoms with E-state index in [2.05, 4.69) is 17.1 Å². The molecule has 2 rings (SSSR count). The van der Waals surface area contributed by atoms with Gasteiger partial charge in [-0.1, -0.05) is 12.2 Å². The van der Waals surface area contributed by atoms with E-state index in [1.807, 2.05) is 11.6 Å². The minimum Gasteiger partial charge on any atom is -0.249 e. The highest BCUT2D eigenvalue weighted by atomic mass is 32.1. The molecule has 11 heavy (non-hydrogen) atoms. The Bertz CT molecular complexity index is 234. The lowest BCUT2D eigenvalue weighted by atomic mass is 10.3. The van der Waals surface area contributed by atoms with Crippen LogP contribution < -0.4 is 0 Å². The Morgan fingerprint density at radius 2 is 2.55 bits per heavy atom. The molecule has 0 spiro atoms. The van der Waals surface area contributed by atoms with E-state index in [4.69, 9.17) is 0 Å². The van der Waals surface area contributed by atoms with E-state index < -0.39 is 0 Å². The molecule has 2 heteroatoms. The quantitative estimate of drug-likeness (QED) is 0.627. The van der Waals surface area contributed by atoms with Crippen LogP contribution >= 0.6 is 11.3 Å². The Morgan fingerprint density at radius 3 is 3.18 bits per heavy atom. The van der Waals surface area contributed by atoms with Crippen molar-refractivity contribution in [3.8, 4) is 0 Å². The van der Waals surface area contributed by atoms with Crippen LogP contribution in [0.1, 0.15) is 17.8 Å². The zero-order valence-electron chi connectivity index (χ0n) is 6.36. The maximum absolute atomic E-state index is 4.20. The van der Waals surface area contributed by atoms with E-state index in [0.717, 1.165) is 12.3 Å². The van der Waals surface area contributed by atoms with Gasteiger partial charge in [-0.15, -0.1) is 11.3 Å². The zero-order chi connectivity index (χ0) is 7.52. The van der Waals surface area contributed by atoms with E-state index in [-0.39, 0.29) is 0 Å². The van der Waals surface area contributed by atoms with Crippen molar-refractivity contribution in [2.24, 2.45) is 5.92 Å². The predicted molar refractivity (Wildman–Crippen MR) is 47.7 cm³/mol. The molecule has 1 aromatic rings. The molecule has 1 aromatic heterocycles. The topological polar surface area (TPSA) is 12.9 Å². The largest absolute Gasteiger partial charge is 0.249 e. The SMILES string of the molecule is C(=CC1CC1)Cc1nccs1. The minimum atomic E-state index is 0.898. The zero-order valence-corrected chi connectivity index (χ0v) is 7.18. The number of rotatable bonds is 3. The lowest BCUT2D eigenvalue weighted by Gasteiger charge is -1.84. The van der Waals surface area contributed by atoms with Crippen molar-refractivity contribution in [2.75, 3.05) is 0 Å². The van der Waals surface area contributed by atoms with Crippen LogP contribution in [-0.2, 0) is 6.42 Å². The molecule has 0 bridgehead atoms. The van der Waals surface area contributed by atoms with Crippen LogP contribution in [0.15, 0.2) is 23.7 Å². The summed E-state index contributed by atoms with van der Waals surface area (Å²) in [5, 5.41) is 3.25. The fourth-order valence-corrected chi connectivity index (χ4v) is 1.60. The van der Waals surface area contributed by atoms with Gasteiger partial charge in [-0.2, -0.15) is 0 Å². The van der Waals surface area contributed by atoms with Gasteiger partial charge in [-0.3, -0.25) is 0 Å². The lowest BCUT2D eigenvalue weighted by Crippen LogP contribution is -1.76. The average molecular weight is 165 g/mol. The summed E-state index contributed by atoms with van der Waals surface area (Å²) in [6, 6.07) is 0. The molecular formula is C9H11NS. The first-order chi connectivity index (χ1) is 5.45. The van der Waals surface area contributed by atoms with Gasteiger partial charge in [0.05, 0.1) is 5.01 Å². The van der Waals surface area contributed by atoms with Crippen LogP contribution in [0, 0.1) is 5.92 Å². The smallest absolute Gasteiger partial charge is 0.0962 e. The van der Waals surface area contributed by atoms with Gasteiger partial charge in [-0.05, 0) is 18.8 Å². The molecule has 0 atom stereocenters. The molecule has 0 amide bonds. The number of thiazole rings is 1. The highest BCUT2D eigenvalue weighted by Gasteiger charge is 2.16. The van der Waals surface area contributed by atoms with Gasteiger partial charge in [0.1, 0.15) is 0 Å². The number of aromatic nitrogens is 1. The van der Waals surface area contributed by atoms with Crippen LogP contribution in [0.25, 0.3) is 0 Å². The molecule has 58 valence electrons. The second-order valence-corrected chi connectivity index (χ2v) is 3.87. The number of hydrogen-bond acceptors (Lipinski definition) is 2. The Morgan fingerprint density at radius 1 is 1.64 bits per heavy atom. The second kappa shape index (κ2) is 3.18. The first-order valence-electron chi connectivity index (χ1n) is 4.00. The summed E-state index contributed by atoms with van der Waals surface area (Å²) >= 11 is 1.73. The first kappa shape index (κ1) is 7.04. The van der Waals surface area contributed by atoms with E-state index in [1.54, 1.807) is 11.3 Å². The van der Waals surface area contributed by atoms with Gasteiger partial charge in [0, 0.05) is 18.0 Å². The third-order valence-corrected chi connectivity index (χ3v) is 2.61. The first-order valence-corrected chi connectivity index (χ1v) is 4.88. The maximum Gasteiger partial charge on any atom is 0.0962 e. The summed E-state index contributed by atoms with van der Waals surface area (Å²) in [5.41, 5.74) is 0. The second-order valence-electron chi connectivity index (χ2n) is 2.90. The van der Waals surface area contributed by atoms with Crippen molar-refractivity contribution >= 4 is 11.3 Å². The van der Waals surface area contributed by atoms with E-state index >= 15 is 0 Å². The van der Waals surface area contributed by atoms with E-state index in [1.165, 1.54) is 17.8 Å². The fraction of sp³-hybridized carbons (Fsp3) is 0.444. The van der Waals surface area contributed by atoms with E-state index in [9.17, 15) is 0 Å². The number of nitrogens with zero attached hydrogens (tertiary/aromatic N) is 1. The van der Waals surface area contributed by atoms with Crippen LogP contribution in [0.4, 0.5) is 0 Å². The lowest BCUT2D eigenvalue weighted by molar-refractivity contribution is 1.09. The number of hydrogen-bond donors (Lipinski definition) is 0. The summed E-state index contributed by atoms with van der Waals surface area (Å²) in [6.45, 7) is 0. The average Bonchev–Trinajstić information content (AvgIpc) is 2.66. The van der Waals surface area contributed by atoms with Crippen molar-refractivity contribution in [1.29, 1.82) is 0 Å². The molecule has 1 aliphatic carbocycles. The molecule has 0 aliphatic heterocycles. The monoisotopic (exact) mass is 165 g/mol. The van der Waals surface area contributed by atoms with Gasteiger partial charge in [0.25, 0.3) is 0 Å². The summed E-state index contributed by atoms with van der Waals surface area (Å²) < 4.78 is 0. The van der Waals surface area contributed by atoms with E-state index in [0.29, 0.717) is 0 Å². The summed E-state index contributed by atoms with van der Waals surface area (Å²) in [7, 11) is 0. The normalized spacial score (nSPS) is 17.8. The molecule has 0 aromatic carbocycles. The number of allylic oxidation sites excluding steroid dienone is 2. The highest BCUT2D eigenvalue weighted by Crippen LogP contribution is 2.30. The molecule has 1 nitrogen and oxygen atoms in total. The molecule has 1 fully saturated rings. The molecule has 1 saturated carbocycles. The summed E-state index contributed by atoms with van der Waals surface area (Å²) in [6.07, 6.45) is 10.2. The van der Waals surface area contributed by atoms with Gasteiger partial charge in [-0.25, -0.2) is 4.98 Å². The minimum absolute atomic E-state index is 0.898. The van der Waals surface area contributed by atoms with Crippen molar-refractivity contribution in [2.45, 2.75) is 19.3 Å². The van der Waals surface area contributed by atoms with Crippen LogP contribution in [0.2, 0.25) is 0 Å². The third-order valence-electron chi connectivity index (χ3n) is 1.81. The molecule has 0 unspecified atom stereocenters. The maximum atomic E-state index is 4.20. The standard InChI is InChI=1S/C9H11NS/c1(2-8-4-5-8)3-9-10-6-7-11-9/h1-2,6-8H,3-5H2. The highest BCUT2D eigenvalue weighted by molar-refractivity contribution is 7.09. The van der Waals surface area contributed by atoms with Gasteiger partial charge in [0.15, 0.2) is 0 Å². The van der Waals surface area contributed by atoms with Crippen LogP contribution in [0.3, 0.4) is 0 Å². The Hall–Kier alpha value is -0.630. The Labute approximate surface area is 70.8 Å². The summed E-state index contributed by atoms with van der Waals surface area (Å²) in [5.74, 6) is 0.898. The van der Waals surface area contributed by atoms with Crippen molar-refractivity contribution in [3.63, 3.8) is 0 Å². The van der Waals surface area contributed by atoms with Crippen LogP contribution in [0.5, 0.6) is 0 Å². The Balaban J connectivity index is 1.81. The fourth-order valence-electron chi connectivity index (χ4n) is 1.00.